The van der Waals surface area contributed by atoms with Crippen LogP contribution in [0.1, 0.15) is 28.3 Å². The van der Waals surface area contributed by atoms with Gasteiger partial charge in [-0.2, -0.15) is 5.26 Å². The van der Waals surface area contributed by atoms with Crippen molar-refractivity contribution in [3.05, 3.63) is 63.1 Å². The van der Waals surface area contributed by atoms with Crippen molar-refractivity contribution in [2.24, 2.45) is 0 Å². The van der Waals surface area contributed by atoms with E-state index in [1.807, 2.05) is 31.2 Å². The van der Waals surface area contributed by atoms with Crippen molar-refractivity contribution in [1.29, 1.82) is 5.26 Å². The summed E-state index contributed by atoms with van der Waals surface area (Å²) in [7, 11) is 0. The Morgan fingerprint density at radius 1 is 1.05 bits per heavy atom. The van der Waals surface area contributed by atoms with Gasteiger partial charge in [-0.25, -0.2) is 0 Å². The van der Waals surface area contributed by atoms with Gasteiger partial charge >= 0.3 is 0 Å². The van der Waals surface area contributed by atoms with Crippen LogP contribution in [-0.4, -0.2) is 0 Å². The van der Waals surface area contributed by atoms with Crippen LogP contribution in [0.5, 0.6) is 0 Å². The number of anilines is 1. The number of aryl methyl sites for hydroxylation is 3. The molecule has 102 valence electrons. The highest BCUT2D eigenvalue weighted by atomic mass is 79.9. The number of benzene rings is 2. The van der Waals surface area contributed by atoms with Crippen molar-refractivity contribution < 1.29 is 0 Å². The molecule has 0 bridgehead atoms. The van der Waals surface area contributed by atoms with Crippen LogP contribution in [0, 0.1) is 32.1 Å². The van der Waals surface area contributed by atoms with Crippen molar-refractivity contribution in [1.82, 2.24) is 0 Å². The first kappa shape index (κ1) is 14.6. The second-order valence-electron chi connectivity index (χ2n) is 4.98. The Morgan fingerprint density at radius 3 is 2.35 bits per heavy atom. The van der Waals surface area contributed by atoms with Crippen molar-refractivity contribution in [2.45, 2.75) is 26.8 Å². The van der Waals surface area contributed by atoms with E-state index in [1.54, 1.807) is 0 Å². The molecule has 3 heteroatoms. The van der Waals surface area contributed by atoms with E-state index >= 15 is 0 Å². The highest BCUT2D eigenvalue weighted by Gasteiger charge is 2.15. The fourth-order valence-electron chi connectivity index (χ4n) is 2.21. The third-order valence-corrected chi connectivity index (χ3v) is 4.19. The molecule has 0 aliphatic rings. The molecule has 1 atom stereocenters. The van der Waals surface area contributed by atoms with Crippen molar-refractivity contribution in [2.75, 3.05) is 5.32 Å². The lowest BCUT2D eigenvalue weighted by atomic mass is 9.96. The molecule has 0 saturated heterocycles. The van der Waals surface area contributed by atoms with Crippen LogP contribution < -0.4 is 5.32 Å². The van der Waals surface area contributed by atoms with Gasteiger partial charge in [0.15, 0.2) is 0 Å². The summed E-state index contributed by atoms with van der Waals surface area (Å²) in [6.07, 6.45) is 0. The van der Waals surface area contributed by atoms with Crippen molar-refractivity contribution in [3.8, 4) is 6.07 Å². The molecule has 2 rings (SSSR count). The maximum atomic E-state index is 9.49. The maximum Gasteiger partial charge on any atom is 0.140 e. The maximum absolute atomic E-state index is 9.49. The third kappa shape index (κ3) is 3.02. The zero-order valence-corrected chi connectivity index (χ0v) is 13.5. The van der Waals surface area contributed by atoms with Crippen LogP contribution in [0.15, 0.2) is 40.9 Å². The number of hydrogen-bond donors (Lipinski definition) is 1. The zero-order valence-electron chi connectivity index (χ0n) is 11.9. The summed E-state index contributed by atoms with van der Waals surface area (Å²) < 4.78 is 0.960. The lowest BCUT2D eigenvalue weighted by Gasteiger charge is -2.18. The summed E-state index contributed by atoms with van der Waals surface area (Å²) >= 11 is 3.50. The highest BCUT2D eigenvalue weighted by molar-refractivity contribution is 9.10. The van der Waals surface area contributed by atoms with E-state index in [1.165, 1.54) is 11.1 Å². The Kier molecular flexibility index (Phi) is 4.46. The molecule has 0 spiro atoms. The Morgan fingerprint density at radius 2 is 1.70 bits per heavy atom. The second-order valence-corrected chi connectivity index (χ2v) is 5.83. The van der Waals surface area contributed by atoms with E-state index in [0.29, 0.717) is 0 Å². The number of nitrogens with one attached hydrogen (secondary N) is 1. The molecular formula is C17H17BrN2. The van der Waals surface area contributed by atoms with Crippen LogP contribution in [-0.2, 0) is 0 Å². The lowest BCUT2D eigenvalue weighted by Crippen LogP contribution is -2.11. The molecule has 0 heterocycles. The van der Waals surface area contributed by atoms with E-state index in [9.17, 15) is 5.26 Å². The van der Waals surface area contributed by atoms with Crippen LogP contribution in [0.25, 0.3) is 0 Å². The van der Waals surface area contributed by atoms with E-state index in [0.717, 1.165) is 21.3 Å². The molecular weight excluding hydrogens is 312 g/mol. The Labute approximate surface area is 128 Å². The molecule has 2 aromatic rings. The number of nitrogens with zero attached hydrogens (tertiary/aromatic N) is 1. The minimum absolute atomic E-state index is 0.354. The Hall–Kier alpha value is -1.79. The topological polar surface area (TPSA) is 35.8 Å². The highest BCUT2D eigenvalue weighted by Crippen LogP contribution is 2.28. The monoisotopic (exact) mass is 328 g/mol. The average molecular weight is 329 g/mol. The van der Waals surface area contributed by atoms with Crippen LogP contribution in [0.2, 0.25) is 0 Å². The largest absolute Gasteiger partial charge is 0.365 e. The summed E-state index contributed by atoms with van der Waals surface area (Å²) in [5, 5.41) is 12.8. The van der Waals surface area contributed by atoms with E-state index in [-0.39, 0.29) is 6.04 Å². The Bertz CT molecular complexity index is 671. The van der Waals surface area contributed by atoms with Gasteiger partial charge in [-0.15, -0.1) is 0 Å². The Balaban J connectivity index is 2.37. The molecule has 1 unspecified atom stereocenters. The average Bonchev–Trinajstić information content (AvgIpc) is 2.42. The predicted molar refractivity (Wildman–Crippen MR) is 86.8 cm³/mol. The molecule has 0 aliphatic carbocycles. The molecule has 2 nitrogen and oxygen atoms in total. The normalized spacial score (nSPS) is 11.8. The van der Waals surface area contributed by atoms with E-state index < -0.39 is 0 Å². The smallest absolute Gasteiger partial charge is 0.140 e. The third-order valence-electron chi connectivity index (χ3n) is 3.50. The molecule has 0 fully saturated rings. The van der Waals surface area contributed by atoms with E-state index in [4.69, 9.17) is 0 Å². The molecule has 0 radical (unpaired) electrons. The second kappa shape index (κ2) is 6.11. The standard InChI is InChI=1S/C17H17BrN2/c1-11-8-13(3)14(9-12(11)2)17(10-19)20-16-7-5-4-6-15(16)18/h4-9,17,20H,1-3H3. The van der Waals surface area contributed by atoms with Gasteiger partial charge in [0.1, 0.15) is 6.04 Å². The first-order valence-electron chi connectivity index (χ1n) is 6.51. The van der Waals surface area contributed by atoms with Crippen molar-refractivity contribution in [3.63, 3.8) is 0 Å². The first-order valence-corrected chi connectivity index (χ1v) is 7.30. The summed E-state index contributed by atoms with van der Waals surface area (Å²) in [6.45, 7) is 6.22. The van der Waals surface area contributed by atoms with Gasteiger partial charge < -0.3 is 5.32 Å². The number of hydrogen-bond acceptors (Lipinski definition) is 2. The van der Waals surface area contributed by atoms with Gasteiger partial charge in [0.25, 0.3) is 0 Å². The molecule has 2 aromatic carbocycles. The minimum atomic E-state index is -0.354. The number of para-hydroxylation sites is 1. The quantitative estimate of drug-likeness (QED) is 0.855. The van der Waals surface area contributed by atoms with Gasteiger partial charge in [-0.3, -0.25) is 0 Å². The predicted octanol–water partition coefficient (Wildman–Crippen LogP) is 5.05. The van der Waals surface area contributed by atoms with Gasteiger partial charge in [0.05, 0.1) is 6.07 Å². The number of nitriles is 1. The van der Waals surface area contributed by atoms with Crippen LogP contribution >= 0.6 is 15.9 Å². The van der Waals surface area contributed by atoms with Gasteiger partial charge in [0.2, 0.25) is 0 Å². The van der Waals surface area contributed by atoms with Crippen molar-refractivity contribution >= 4 is 21.6 Å². The van der Waals surface area contributed by atoms with Gasteiger partial charge in [0, 0.05) is 10.2 Å². The number of halogens is 1. The molecule has 0 aromatic heterocycles. The molecule has 0 amide bonds. The van der Waals surface area contributed by atoms with Crippen LogP contribution in [0.3, 0.4) is 0 Å². The minimum Gasteiger partial charge on any atom is -0.365 e. The summed E-state index contributed by atoms with van der Waals surface area (Å²) in [4.78, 5) is 0. The van der Waals surface area contributed by atoms with Gasteiger partial charge in [-0.1, -0.05) is 24.3 Å². The molecule has 0 aliphatic heterocycles. The fourth-order valence-corrected chi connectivity index (χ4v) is 2.61. The number of rotatable bonds is 3. The molecule has 0 saturated carbocycles. The fraction of sp³-hybridized carbons (Fsp3) is 0.235. The summed E-state index contributed by atoms with van der Waals surface area (Å²) in [5.41, 5.74) is 5.56. The zero-order chi connectivity index (χ0) is 14.7. The van der Waals surface area contributed by atoms with E-state index in [2.05, 4.69) is 53.3 Å². The van der Waals surface area contributed by atoms with Gasteiger partial charge in [-0.05, 0) is 71.1 Å². The molecule has 1 N–H and O–H groups in total. The van der Waals surface area contributed by atoms with Crippen LogP contribution in [0.4, 0.5) is 5.69 Å². The summed E-state index contributed by atoms with van der Waals surface area (Å²) in [5.74, 6) is 0. The molecule has 20 heavy (non-hydrogen) atoms. The summed E-state index contributed by atoms with van der Waals surface area (Å²) in [6, 6.07) is 14.1. The lowest BCUT2D eigenvalue weighted by molar-refractivity contribution is 0.973. The first-order chi connectivity index (χ1) is 9.52. The SMILES string of the molecule is Cc1cc(C)c(C(C#N)Nc2ccccc2Br)cc1C.